The summed E-state index contributed by atoms with van der Waals surface area (Å²) in [6.07, 6.45) is 1.72. The Morgan fingerprint density at radius 1 is 1.12 bits per heavy atom. The summed E-state index contributed by atoms with van der Waals surface area (Å²) in [5.74, 6) is 0.826. The summed E-state index contributed by atoms with van der Waals surface area (Å²) in [6, 6.07) is 14.6. The molecule has 0 radical (unpaired) electrons. The molecule has 0 saturated heterocycles. The van der Waals surface area contributed by atoms with E-state index >= 15 is 0 Å². The zero-order chi connectivity index (χ0) is 18.7. The van der Waals surface area contributed by atoms with Crippen molar-refractivity contribution < 1.29 is 9.84 Å². The molecule has 2 aromatic carbocycles. The molecule has 1 unspecified atom stereocenters. The minimum atomic E-state index is -0.515. The van der Waals surface area contributed by atoms with Gasteiger partial charge in [-0.05, 0) is 46.1 Å². The van der Waals surface area contributed by atoms with Gasteiger partial charge in [0.15, 0.2) is 0 Å². The minimum Gasteiger partial charge on any atom is -0.490 e. The van der Waals surface area contributed by atoms with Crippen LogP contribution in [0.3, 0.4) is 0 Å². The zero-order valence-electron chi connectivity index (χ0n) is 16.1. The third kappa shape index (κ3) is 3.92. The fourth-order valence-electron chi connectivity index (χ4n) is 3.32. The SMILES string of the molecule is CC(C)=CCn1c2ccccc2c2c(OCC(O)CN(C)C)cccc21. The minimum absolute atomic E-state index is 0.283. The van der Waals surface area contributed by atoms with Gasteiger partial charge in [0.2, 0.25) is 0 Å². The number of aromatic nitrogens is 1. The number of likely N-dealkylation sites (N-methyl/N-ethyl adjacent to an activating group) is 1. The normalized spacial score (nSPS) is 12.7. The maximum absolute atomic E-state index is 10.1. The van der Waals surface area contributed by atoms with Crippen molar-refractivity contribution in [2.75, 3.05) is 27.2 Å². The molecule has 138 valence electrons. The Hall–Kier alpha value is -2.30. The highest BCUT2D eigenvalue weighted by Crippen LogP contribution is 2.35. The maximum Gasteiger partial charge on any atom is 0.129 e. The lowest BCUT2D eigenvalue weighted by Gasteiger charge is -2.17. The Balaban J connectivity index is 2.03. The first-order valence-electron chi connectivity index (χ1n) is 9.06. The van der Waals surface area contributed by atoms with Crippen LogP contribution in [0.15, 0.2) is 54.1 Å². The van der Waals surface area contributed by atoms with E-state index in [0.29, 0.717) is 6.54 Å². The smallest absolute Gasteiger partial charge is 0.129 e. The van der Waals surface area contributed by atoms with Crippen LogP contribution in [0.2, 0.25) is 0 Å². The molecule has 3 aromatic rings. The molecule has 0 fully saturated rings. The van der Waals surface area contributed by atoms with Crippen LogP contribution in [-0.2, 0) is 6.54 Å². The third-order valence-electron chi connectivity index (χ3n) is 4.45. The van der Waals surface area contributed by atoms with Crippen molar-refractivity contribution in [1.82, 2.24) is 9.47 Å². The summed E-state index contributed by atoms with van der Waals surface area (Å²) in [4.78, 5) is 1.96. The first kappa shape index (κ1) is 18.5. The molecule has 1 atom stereocenters. The Morgan fingerprint density at radius 2 is 1.85 bits per heavy atom. The summed E-state index contributed by atoms with van der Waals surface area (Å²) in [5, 5.41) is 12.4. The molecule has 0 aliphatic heterocycles. The molecule has 3 rings (SSSR count). The third-order valence-corrected chi connectivity index (χ3v) is 4.45. The van der Waals surface area contributed by atoms with E-state index in [1.165, 1.54) is 16.5 Å². The van der Waals surface area contributed by atoms with Gasteiger partial charge in [0.05, 0.1) is 5.52 Å². The maximum atomic E-state index is 10.1. The van der Waals surface area contributed by atoms with E-state index in [4.69, 9.17) is 4.74 Å². The number of nitrogens with zero attached hydrogens (tertiary/aromatic N) is 2. The van der Waals surface area contributed by atoms with E-state index in [0.717, 1.165) is 23.2 Å². The largest absolute Gasteiger partial charge is 0.490 e. The molecule has 0 spiro atoms. The van der Waals surface area contributed by atoms with Crippen molar-refractivity contribution in [1.29, 1.82) is 0 Å². The van der Waals surface area contributed by atoms with Crippen molar-refractivity contribution in [2.24, 2.45) is 0 Å². The van der Waals surface area contributed by atoms with Crippen LogP contribution in [0.4, 0.5) is 0 Å². The molecular formula is C22H28N2O2. The number of hydrogen-bond acceptors (Lipinski definition) is 3. The molecule has 4 nitrogen and oxygen atoms in total. The quantitative estimate of drug-likeness (QED) is 0.652. The lowest BCUT2D eigenvalue weighted by molar-refractivity contribution is 0.0838. The highest BCUT2D eigenvalue weighted by Gasteiger charge is 2.15. The Bertz CT molecular complexity index is 920. The highest BCUT2D eigenvalue weighted by molar-refractivity contribution is 6.11. The molecule has 0 aliphatic carbocycles. The number of aliphatic hydroxyl groups is 1. The fraction of sp³-hybridized carbons (Fsp3) is 0.364. The predicted molar refractivity (Wildman–Crippen MR) is 109 cm³/mol. The lowest BCUT2D eigenvalue weighted by Crippen LogP contribution is -2.30. The fourth-order valence-corrected chi connectivity index (χ4v) is 3.32. The Morgan fingerprint density at radius 3 is 2.58 bits per heavy atom. The van der Waals surface area contributed by atoms with Crippen LogP contribution in [-0.4, -0.2) is 47.9 Å². The van der Waals surface area contributed by atoms with Crippen molar-refractivity contribution in [2.45, 2.75) is 26.5 Å². The number of ether oxygens (including phenoxy) is 1. The number of hydrogen-bond donors (Lipinski definition) is 1. The molecule has 0 aliphatic rings. The number of aliphatic hydroxyl groups excluding tert-OH is 1. The zero-order valence-corrected chi connectivity index (χ0v) is 16.1. The molecule has 26 heavy (non-hydrogen) atoms. The Labute approximate surface area is 155 Å². The average Bonchev–Trinajstić information content (AvgIpc) is 2.92. The van der Waals surface area contributed by atoms with Crippen LogP contribution < -0.4 is 4.74 Å². The van der Waals surface area contributed by atoms with Crippen LogP contribution in [0.25, 0.3) is 21.8 Å². The van der Waals surface area contributed by atoms with Crippen LogP contribution >= 0.6 is 0 Å². The monoisotopic (exact) mass is 352 g/mol. The van der Waals surface area contributed by atoms with E-state index < -0.39 is 6.10 Å². The summed E-state index contributed by atoms with van der Waals surface area (Å²) in [6.45, 7) is 5.94. The lowest BCUT2D eigenvalue weighted by atomic mass is 10.1. The van der Waals surface area contributed by atoms with Gasteiger partial charge in [0, 0.05) is 29.4 Å². The van der Waals surface area contributed by atoms with Crippen molar-refractivity contribution >= 4 is 21.8 Å². The van der Waals surface area contributed by atoms with Gasteiger partial charge >= 0.3 is 0 Å². The first-order valence-corrected chi connectivity index (χ1v) is 9.06. The van der Waals surface area contributed by atoms with Gasteiger partial charge in [-0.15, -0.1) is 0 Å². The Kier molecular flexibility index (Phi) is 5.64. The van der Waals surface area contributed by atoms with E-state index in [2.05, 4.69) is 54.8 Å². The molecule has 0 bridgehead atoms. The van der Waals surface area contributed by atoms with E-state index in [1.54, 1.807) is 0 Å². The number of para-hydroxylation sites is 1. The summed E-state index contributed by atoms with van der Waals surface area (Å²) < 4.78 is 8.34. The second-order valence-electron chi connectivity index (χ2n) is 7.29. The average molecular weight is 352 g/mol. The first-order chi connectivity index (χ1) is 12.5. The van der Waals surface area contributed by atoms with E-state index in [9.17, 15) is 5.11 Å². The van der Waals surface area contributed by atoms with Crippen molar-refractivity contribution in [3.63, 3.8) is 0 Å². The van der Waals surface area contributed by atoms with Crippen LogP contribution in [0.1, 0.15) is 13.8 Å². The standard InChI is InChI=1S/C22H28N2O2/c1-16(2)12-13-24-19-9-6-5-8-18(19)22-20(24)10-7-11-21(22)26-15-17(25)14-23(3)4/h5-12,17,25H,13-15H2,1-4H3. The number of benzene rings is 2. The number of allylic oxidation sites excluding steroid dienone is 2. The number of fused-ring (bicyclic) bond motifs is 3. The van der Waals surface area contributed by atoms with Gasteiger partial charge in [-0.3, -0.25) is 0 Å². The van der Waals surface area contributed by atoms with Gasteiger partial charge in [-0.1, -0.05) is 35.9 Å². The van der Waals surface area contributed by atoms with Gasteiger partial charge in [-0.2, -0.15) is 0 Å². The topological polar surface area (TPSA) is 37.6 Å². The van der Waals surface area contributed by atoms with Gasteiger partial charge in [-0.25, -0.2) is 0 Å². The summed E-state index contributed by atoms with van der Waals surface area (Å²) in [7, 11) is 3.89. The van der Waals surface area contributed by atoms with Gasteiger partial charge in [0.1, 0.15) is 18.5 Å². The predicted octanol–water partition coefficient (Wildman–Crippen LogP) is 4.06. The molecule has 4 heteroatoms. The van der Waals surface area contributed by atoms with Crippen molar-refractivity contribution in [3.8, 4) is 5.75 Å². The molecule has 0 saturated carbocycles. The van der Waals surface area contributed by atoms with Crippen molar-refractivity contribution in [3.05, 3.63) is 54.1 Å². The highest BCUT2D eigenvalue weighted by atomic mass is 16.5. The second kappa shape index (κ2) is 7.94. The van der Waals surface area contributed by atoms with Gasteiger partial charge < -0.3 is 19.3 Å². The summed E-state index contributed by atoms with van der Waals surface area (Å²) in [5.41, 5.74) is 3.66. The molecule has 1 aromatic heterocycles. The molecular weight excluding hydrogens is 324 g/mol. The van der Waals surface area contributed by atoms with E-state index in [1.807, 2.05) is 31.1 Å². The molecule has 0 amide bonds. The van der Waals surface area contributed by atoms with E-state index in [-0.39, 0.29) is 6.61 Å². The van der Waals surface area contributed by atoms with Crippen LogP contribution in [0.5, 0.6) is 5.75 Å². The van der Waals surface area contributed by atoms with Crippen LogP contribution in [0, 0.1) is 0 Å². The summed E-state index contributed by atoms with van der Waals surface area (Å²) >= 11 is 0. The van der Waals surface area contributed by atoms with Gasteiger partial charge in [0.25, 0.3) is 0 Å². The molecule has 1 heterocycles. The second-order valence-corrected chi connectivity index (χ2v) is 7.29. The number of rotatable bonds is 7. The molecule has 1 N–H and O–H groups in total.